The van der Waals surface area contributed by atoms with Crippen LogP contribution in [0.25, 0.3) is 11.7 Å². The molecule has 3 heterocycles. The summed E-state index contributed by atoms with van der Waals surface area (Å²) in [7, 11) is 0. The van der Waals surface area contributed by atoms with Crippen molar-refractivity contribution in [2.45, 2.75) is 63.6 Å². The highest BCUT2D eigenvalue weighted by atomic mass is 16.3. The van der Waals surface area contributed by atoms with E-state index in [0.29, 0.717) is 22.4 Å². The molecule has 0 unspecified atom stereocenters. The summed E-state index contributed by atoms with van der Waals surface area (Å²) in [5, 5.41) is 21.3. The highest BCUT2D eigenvalue weighted by Gasteiger charge is 2.23. The van der Waals surface area contributed by atoms with Crippen LogP contribution in [-0.2, 0) is 4.79 Å². The zero-order valence-corrected chi connectivity index (χ0v) is 17.6. The van der Waals surface area contributed by atoms with Crippen LogP contribution in [0, 0.1) is 0 Å². The Morgan fingerprint density at radius 3 is 2.59 bits per heavy atom. The SMILES string of the molecule is CC(=O)NC1CCC(Nc2nc(=NC3CC3)n3ncc(=Cc4[nH]c(=O)[nH]c4O)c3n2)CC1. The Morgan fingerprint density at radius 2 is 1.94 bits per heavy atom. The molecule has 12 nitrogen and oxygen atoms in total. The molecule has 12 heteroatoms. The quantitative estimate of drug-likeness (QED) is 0.351. The van der Waals surface area contributed by atoms with Gasteiger partial charge in [-0.3, -0.25) is 9.78 Å². The number of carbonyl (C=O) groups excluding carboxylic acids is 1. The molecular weight excluding hydrogens is 414 g/mol. The number of imidazole rings is 1. The molecule has 168 valence electrons. The Labute approximate surface area is 181 Å². The average molecular weight is 439 g/mol. The second-order valence-corrected chi connectivity index (χ2v) is 8.42. The molecule has 0 aliphatic heterocycles. The van der Waals surface area contributed by atoms with Crippen LogP contribution in [0.3, 0.4) is 0 Å². The highest BCUT2D eigenvalue weighted by molar-refractivity contribution is 5.73. The van der Waals surface area contributed by atoms with Gasteiger partial charge in [0.25, 0.3) is 5.62 Å². The lowest BCUT2D eigenvalue weighted by atomic mass is 9.91. The van der Waals surface area contributed by atoms with E-state index in [9.17, 15) is 14.7 Å². The third-order valence-electron chi connectivity index (χ3n) is 5.73. The minimum Gasteiger partial charge on any atom is -0.493 e. The van der Waals surface area contributed by atoms with Crippen LogP contribution >= 0.6 is 0 Å². The van der Waals surface area contributed by atoms with Crippen LogP contribution in [0.4, 0.5) is 5.95 Å². The summed E-state index contributed by atoms with van der Waals surface area (Å²) in [6.07, 6.45) is 8.83. The van der Waals surface area contributed by atoms with E-state index in [4.69, 9.17) is 0 Å². The fraction of sp³-hybridized carbons (Fsp3) is 0.500. The van der Waals surface area contributed by atoms with Gasteiger partial charge in [0.15, 0.2) is 5.65 Å². The Bertz CT molecular complexity index is 1330. The zero-order valence-electron chi connectivity index (χ0n) is 17.6. The van der Waals surface area contributed by atoms with E-state index in [2.05, 4.69) is 40.7 Å². The van der Waals surface area contributed by atoms with E-state index in [1.54, 1.807) is 23.7 Å². The first-order valence-electron chi connectivity index (χ1n) is 10.8. The van der Waals surface area contributed by atoms with Crippen molar-refractivity contribution < 1.29 is 9.90 Å². The van der Waals surface area contributed by atoms with Crippen molar-refractivity contribution in [1.29, 1.82) is 0 Å². The molecule has 3 aromatic rings. The lowest BCUT2D eigenvalue weighted by Crippen LogP contribution is -2.39. The Morgan fingerprint density at radius 1 is 1.19 bits per heavy atom. The number of amides is 1. The van der Waals surface area contributed by atoms with Crippen molar-refractivity contribution in [1.82, 2.24) is 34.9 Å². The minimum atomic E-state index is -0.499. The predicted octanol–water partition coefficient (Wildman–Crippen LogP) is -0.684. The molecule has 2 saturated carbocycles. The second-order valence-electron chi connectivity index (χ2n) is 8.42. The number of carbonyl (C=O) groups is 1. The Hall–Kier alpha value is -3.70. The van der Waals surface area contributed by atoms with Crippen molar-refractivity contribution in [3.8, 4) is 5.88 Å². The van der Waals surface area contributed by atoms with Crippen LogP contribution in [0.1, 0.15) is 51.1 Å². The standard InChI is InChI=1S/C20H25N9O3/c1-10(30)22-12-2-4-13(5-3-12)23-18-26-16-11(8-15-17(31)27-20(32)25-15)9-21-29(16)19(28-18)24-14-6-7-14/h8-9,12-14,31H,2-7H2,1H3,(H,22,30)(H,23,24,28)(H2,25,27,32). The second kappa shape index (κ2) is 8.09. The van der Waals surface area contributed by atoms with Gasteiger partial charge in [-0.25, -0.2) is 9.79 Å². The zero-order chi connectivity index (χ0) is 22.2. The van der Waals surface area contributed by atoms with Crippen molar-refractivity contribution in [3.63, 3.8) is 0 Å². The Balaban J connectivity index is 1.48. The van der Waals surface area contributed by atoms with Crippen LogP contribution in [0.15, 0.2) is 16.0 Å². The number of aromatic amines is 2. The minimum absolute atomic E-state index is 0.000777. The van der Waals surface area contributed by atoms with E-state index >= 15 is 0 Å². The van der Waals surface area contributed by atoms with Gasteiger partial charge in [0, 0.05) is 24.2 Å². The molecule has 0 atom stereocenters. The van der Waals surface area contributed by atoms with E-state index in [1.165, 1.54) is 0 Å². The highest BCUT2D eigenvalue weighted by Crippen LogP contribution is 2.23. The maximum Gasteiger partial charge on any atom is 0.326 e. The summed E-state index contributed by atoms with van der Waals surface area (Å²) in [5.74, 6) is 0.211. The number of rotatable bonds is 5. The fourth-order valence-electron chi connectivity index (χ4n) is 4.00. The van der Waals surface area contributed by atoms with Gasteiger partial charge >= 0.3 is 5.69 Å². The molecule has 32 heavy (non-hydrogen) atoms. The van der Waals surface area contributed by atoms with Crippen molar-refractivity contribution in [3.05, 3.63) is 33.2 Å². The number of nitrogens with one attached hydrogen (secondary N) is 4. The summed E-state index contributed by atoms with van der Waals surface area (Å²) in [5.41, 5.74) is 0.741. The van der Waals surface area contributed by atoms with Gasteiger partial charge in [-0.15, -0.1) is 0 Å². The topological polar surface area (TPSA) is 165 Å². The molecule has 0 saturated heterocycles. The molecule has 1 amide bonds. The molecule has 0 spiro atoms. The van der Waals surface area contributed by atoms with Gasteiger partial charge in [-0.2, -0.15) is 19.6 Å². The molecule has 5 N–H and O–H groups in total. The fourth-order valence-corrected chi connectivity index (χ4v) is 4.00. The maximum atomic E-state index is 11.5. The first-order valence-corrected chi connectivity index (χ1v) is 10.8. The smallest absolute Gasteiger partial charge is 0.326 e. The van der Waals surface area contributed by atoms with Gasteiger partial charge < -0.3 is 20.7 Å². The maximum absolute atomic E-state index is 11.5. The van der Waals surface area contributed by atoms with Gasteiger partial charge in [0.1, 0.15) is 5.69 Å². The van der Waals surface area contributed by atoms with Crippen molar-refractivity contribution >= 4 is 23.6 Å². The monoisotopic (exact) mass is 439 g/mol. The third kappa shape index (κ3) is 4.34. The molecule has 5 rings (SSSR count). The summed E-state index contributed by atoms with van der Waals surface area (Å²) >= 11 is 0. The molecule has 2 aliphatic carbocycles. The van der Waals surface area contributed by atoms with E-state index in [0.717, 1.165) is 38.5 Å². The molecule has 0 aromatic carbocycles. The molecule has 0 bridgehead atoms. The number of H-pyrrole nitrogens is 2. The Kier molecular flexibility index (Phi) is 5.11. The van der Waals surface area contributed by atoms with Gasteiger partial charge in [-0.05, 0) is 44.6 Å². The van der Waals surface area contributed by atoms with Crippen LogP contribution in [0.5, 0.6) is 5.88 Å². The summed E-state index contributed by atoms with van der Waals surface area (Å²) in [4.78, 5) is 41.5. The van der Waals surface area contributed by atoms with Crippen LogP contribution < -0.4 is 27.2 Å². The van der Waals surface area contributed by atoms with Crippen LogP contribution in [-0.4, -0.2) is 58.7 Å². The van der Waals surface area contributed by atoms with Crippen molar-refractivity contribution in [2.24, 2.45) is 4.99 Å². The molecule has 3 aromatic heterocycles. The van der Waals surface area contributed by atoms with Gasteiger partial charge in [0.2, 0.25) is 17.7 Å². The number of aromatic hydroxyl groups is 1. The van der Waals surface area contributed by atoms with Crippen LogP contribution in [0.2, 0.25) is 0 Å². The largest absolute Gasteiger partial charge is 0.493 e. The lowest BCUT2D eigenvalue weighted by molar-refractivity contribution is -0.119. The molecular formula is C20H25N9O3. The molecule has 2 aliphatic rings. The number of fused-ring (bicyclic) bond motifs is 1. The van der Waals surface area contributed by atoms with E-state index in [1.807, 2.05) is 0 Å². The number of anilines is 1. The summed E-state index contributed by atoms with van der Waals surface area (Å²) in [6, 6.07) is 0.647. The molecule has 0 radical (unpaired) electrons. The van der Waals surface area contributed by atoms with Gasteiger partial charge in [0.05, 0.1) is 12.2 Å². The van der Waals surface area contributed by atoms with E-state index < -0.39 is 5.69 Å². The number of nitrogens with zero attached hydrogens (tertiary/aromatic N) is 5. The first-order chi connectivity index (χ1) is 15.4. The van der Waals surface area contributed by atoms with Crippen molar-refractivity contribution in [2.75, 3.05) is 5.32 Å². The number of hydrogen-bond donors (Lipinski definition) is 5. The van der Waals surface area contributed by atoms with E-state index in [-0.39, 0.29) is 35.6 Å². The summed E-state index contributed by atoms with van der Waals surface area (Å²) in [6.45, 7) is 1.54. The normalized spacial score (nSPS) is 22.4. The lowest BCUT2D eigenvalue weighted by Gasteiger charge is -2.29. The number of hydrogen-bond acceptors (Lipinski definition) is 8. The molecule has 2 fully saturated rings. The first kappa shape index (κ1) is 20.2. The predicted molar refractivity (Wildman–Crippen MR) is 115 cm³/mol. The average Bonchev–Trinajstić information content (AvgIpc) is 3.38. The third-order valence-corrected chi connectivity index (χ3v) is 5.73. The number of aromatic nitrogens is 6. The summed E-state index contributed by atoms with van der Waals surface area (Å²) < 4.78 is 1.57. The van der Waals surface area contributed by atoms with Gasteiger partial charge in [-0.1, -0.05) is 0 Å².